The van der Waals surface area contributed by atoms with Crippen molar-refractivity contribution >= 4 is 27.5 Å². The molecule has 0 aliphatic carbocycles. The molecule has 1 N–H and O–H groups in total. The van der Waals surface area contributed by atoms with Gasteiger partial charge >= 0.3 is 0 Å². The van der Waals surface area contributed by atoms with E-state index in [9.17, 15) is 0 Å². The van der Waals surface area contributed by atoms with Crippen LogP contribution in [0.5, 0.6) is 0 Å². The lowest BCUT2D eigenvalue weighted by Crippen LogP contribution is -1.79. The lowest BCUT2D eigenvalue weighted by Gasteiger charge is -1.93. The Morgan fingerprint density at radius 3 is 2.46 bits per heavy atom. The molecule has 1 aromatic heterocycles. The number of aromatic nitrogens is 3. The lowest BCUT2D eigenvalue weighted by molar-refractivity contribution is 1.10. The first kappa shape index (κ1) is 8.72. The number of rotatable bonds is 1. The van der Waals surface area contributed by atoms with Gasteiger partial charge in [-0.15, -0.1) is 0 Å². The van der Waals surface area contributed by atoms with Gasteiger partial charge in [-0.1, -0.05) is 28.1 Å². The topological polar surface area (TPSA) is 41.6 Å². The molecule has 0 atom stereocenters. The van der Waals surface area contributed by atoms with Crippen LogP contribution in [0.15, 0.2) is 28.7 Å². The first-order chi connectivity index (χ1) is 6.25. The van der Waals surface area contributed by atoms with Gasteiger partial charge in [0.15, 0.2) is 5.82 Å². The summed E-state index contributed by atoms with van der Waals surface area (Å²) in [5, 5.41) is 6.81. The molecule has 2 rings (SSSR count). The SMILES string of the molecule is Clc1nc(-c2ccc(Br)cc2)n[nH]1. The van der Waals surface area contributed by atoms with Crippen molar-refractivity contribution in [1.82, 2.24) is 15.2 Å². The summed E-state index contributed by atoms with van der Waals surface area (Å²) in [6.07, 6.45) is 0. The van der Waals surface area contributed by atoms with Crippen molar-refractivity contribution in [2.45, 2.75) is 0 Å². The monoisotopic (exact) mass is 257 g/mol. The van der Waals surface area contributed by atoms with Crippen LogP contribution in [0.1, 0.15) is 0 Å². The zero-order valence-corrected chi connectivity index (χ0v) is 8.80. The highest BCUT2D eigenvalue weighted by Crippen LogP contribution is 2.18. The van der Waals surface area contributed by atoms with E-state index in [1.165, 1.54) is 0 Å². The molecule has 5 heteroatoms. The second-order valence-corrected chi connectivity index (χ2v) is 3.73. The number of hydrogen-bond acceptors (Lipinski definition) is 2. The summed E-state index contributed by atoms with van der Waals surface area (Å²) in [5.41, 5.74) is 0.936. The van der Waals surface area contributed by atoms with Crippen molar-refractivity contribution in [2.24, 2.45) is 0 Å². The molecule has 0 radical (unpaired) electrons. The molecule has 0 spiro atoms. The molecule has 66 valence electrons. The molecule has 3 nitrogen and oxygen atoms in total. The van der Waals surface area contributed by atoms with Crippen molar-refractivity contribution in [3.05, 3.63) is 34.0 Å². The molecule has 13 heavy (non-hydrogen) atoms. The predicted molar refractivity (Wildman–Crippen MR) is 54.5 cm³/mol. The zero-order valence-electron chi connectivity index (χ0n) is 6.46. The predicted octanol–water partition coefficient (Wildman–Crippen LogP) is 2.89. The Morgan fingerprint density at radius 1 is 1.23 bits per heavy atom. The molecule has 1 aromatic carbocycles. The summed E-state index contributed by atoms with van der Waals surface area (Å²) in [6.45, 7) is 0. The zero-order chi connectivity index (χ0) is 9.26. The molecule has 0 fully saturated rings. The number of hydrogen-bond donors (Lipinski definition) is 1. The molecule has 1 heterocycles. The Balaban J connectivity index is 2.41. The Labute approximate surface area is 88.3 Å². The number of halogens is 2. The van der Waals surface area contributed by atoms with Gasteiger partial charge in [0.1, 0.15) is 0 Å². The molecule has 0 aliphatic heterocycles. The molecule has 0 aliphatic rings. The summed E-state index contributed by atoms with van der Waals surface area (Å²) >= 11 is 8.95. The third-order valence-corrected chi connectivity index (χ3v) is 2.26. The molecule has 0 amide bonds. The van der Waals surface area contributed by atoms with Gasteiger partial charge in [0.2, 0.25) is 5.28 Å². The van der Waals surface area contributed by atoms with Gasteiger partial charge < -0.3 is 0 Å². The van der Waals surface area contributed by atoms with Crippen molar-refractivity contribution in [2.75, 3.05) is 0 Å². The van der Waals surface area contributed by atoms with Gasteiger partial charge in [0.25, 0.3) is 0 Å². The average molecular weight is 259 g/mol. The van der Waals surface area contributed by atoms with Crippen LogP contribution in [-0.2, 0) is 0 Å². The number of nitrogens with one attached hydrogen (secondary N) is 1. The molecule has 2 aromatic rings. The molecule has 0 saturated heterocycles. The van der Waals surface area contributed by atoms with E-state index in [1.54, 1.807) is 0 Å². The fourth-order valence-electron chi connectivity index (χ4n) is 0.970. The van der Waals surface area contributed by atoms with Crippen molar-refractivity contribution in [3.8, 4) is 11.4 Å². The number of aromatic amines is 1. The van der Waals surface area contributed by atoms with Crippen LogP contribution in [0.2, 0.25) is 5.28 Å². The van der Waals surface area contributed by atoms with Crippen molar-refractivity contribution < 1.29 is 0 Å². The summed E-state index contributed by atoms with van der Waals surface area (Å²) < 4.78 is 1.03. The third-order valence-electron chi connectivity index (χ3n) is 1.56. The smallest absolute Gasteiger partial charge is 0.218 e. The molecular formula is C8H5BrClN3. The molecule has 0 saturated carbocycles. The fraction of sp³-hybridized carbons (Fsp3) is 0. The molecule has 0 unspecified atom stereocenters. The van der Waals surface area contributed by atoms with Crippen LogP contribution >= 0.6 is 27.5 Å². The minimum atomic E-state index is 0.304. The van der Waals surface area contributed by atoms with Gasteiger partial charge in [0.05, 0.1) is 0 Å². The number of benzene rings is 1. The van der Waals surface area contributed by atoms with Crippen LogP contribution in [0.25, 0.3) is 11.4 Å². The van der Waals surface area contributed by atoms with Crippen LogP contribution in [0.4, 0.5) is 0 Å². The summed E-state index contributed by atoms with van der Waals surface area (Å²) in [6, 6.07) is 7.70. The van der Waals surface area contributed by atoms with E-state index in [0.29, 0.717) is 11.1 Å². The van der Waals surface area contributed by atoms with Gasteiger partial charge in [-0.3, -0.25) is 0 Å². The quantitative estimate of drug-likeness (QED) is 0.854. The largest absolute Gasteiger partial charge is 0.249 e. The van der Waals surface area contributed by atoms with Gasteiger partial charge in [0, 0.05) is 10.0 Å². The third kappa shape index (κ3) is 1.89. The first-order valence-electron chi connectivity index (χ1n) is 3.59. The van der Waals surface area contributed by atoms with Crippen LogP contribution < -0.4 is 0 Å². The Hall–Kier alpha value is -0.870. The van der Waals surface area contributed by atoms with Crippen molar-refractivity contribution in [3.63, 3.8) is 0 Å². The van der Waals surface area contributed by atoms with Crippen LogP contribution in [0.3, 0.4) is 0 Å². The van der Waals surface area contributed by atoms with Gasteiger partial charge in [-0.25, -0.2) is 5.10 Å². The highest BCUT2D eigenvalue weighted by atomic mass is 79.9. The van der Waals surface area contributed by atoms with Gasteiger partial charge in [-0.05, 0) is 23.7 Å². The summed E-state index contributed by atoms with van der Waals surface area (Å²) in [7, 11) is 0. The van der Waals surface area contributed by atoms with Crippen molar-refractivity contribution in [1.29, 1.82) is 0 Å². The summed E-state index contributed by atoms with van der Waals surface area (Å²) in [5.74, 6) is 0.609. The standard InChI is InChI=1S/C8H5BrClN3/c9-6-3-1-5(2-4-6)7-11-8(10)13-12-7/h1-4H,(H,11,12,13). The minimum absolute atomic E-state index is 0.304. The highest BCUT2D eigenvalue weighted by Gasteiger charge is 2.02. The van der Waals surface area contributed by atoms with E-state index in [1.807, 2.05) is 24.3 Å². The fourth-order valence-corrected chi connectivity index (χ4v) is 1.36. The van der Waals surface area contributed by atoms with E-state index >= 15 is 0 Å². The molecule has 0 bridgehead atoms. The number of H-pyrrole nitrogens is 1. The Kier molecular flexibility index (Phi) is 2.33. The minimum Gasteiger partial charge on any atom is -0.249 e. The van der Waals surface area contributed by atoms with E-state index in [-0.39, 0.29) is 0 Å². The highest BCUT2D eigenvalue weighted by molar-refractivity contribution is 9.10. The second kappa shape index (κ2) is 3.47. The van der Waals surface area contributed by atoms with E-state index in [0.717, 1.165) is 10.0 Å². The maximum atomic E-state index is 5.60. The van der Waals surface area contributed by atoms with Crippen LogP contribution in [-0.4, -0.2) is 15.2 Å². The maximum Gasteiger partial charge on any atom is 0.218 e. The Bertz CT molecular complexity index is 410. The normalized spacial score (nSPS) is 10.3. The maximum absolute atomic E-state index is 5.60. The van der Waals surface area contributed by atoms with E-state index < -0.39 is 0 Å². The van der Waals surface area contributed by atoms with Gasteiger partial charge in [-0.2, -0.15) is 10.1 Å². The van der Waals surface area contributed by atoms with Crippen LogP contribution in [0, 0.1) is 0 Å². The van der Waals surface area contributed by atoms with E-state index in [2.05, 4.69) is 31.1 Å². The number of nitrogens with zero attached hydrogens (tertiary/aromatic N) is 2. The summed E-state index contributed by atoms with van der Waals surface area (Å²) in [4.78, 5) is 3.99. The first-order valence-corrected chi connectivity index (χ1v) is 4.76. The Morgan fingerprint density at radius 2 is 1.92 bits per heavy atom. The molecular weight excluding hydrogens is 253 g/mol. The lowest BCUT2D eigenvalue weighted by atomic mass is 10.2. The van der Waals surface area contributed by atoms with E-state index in [4.69, 9.17) is 11.6 Å². The average Bonchev–Trinajstić information content (AvgIpc) is 2.53. The second-order valence-electron chi connectivity index (χ2n) is 2.46.